The summed E-state index contributed by atoms with van der Waals surface area (Å²) in [5.74, 6) is -0.622. The molecular weight excluding hydrogens is 417 g/mol. The molecular formula is C21H25F3N2O3S. The summed E-state index contributed by atoms with van der Waals surface area (Å²) in [6, 6.07) is 7.94. The Balaban J connectivity index is 2.32. The van der Waals surface area contributed by atoms with Crippen molar-refractivity contribution < 1.29 is 26.4 Å². The lowest BCUT2D eigenvalue weighted by molar-refractivity contribution is -0.137. The molecule has 0 aliphatic carbocycles. The van der Waals surface area contributed by atoms with Crippen LogP contribution in [0.5, 0.6) is 0 Å². The van der Waals surface area contributed by atoms with Crippen molar-refractivity contribution in [3.63, 3.8) is 0 Å². The number of hydrogen-bond acceptors (Lipinski definition) is 3. The molecule has 5 nitrogen and oxygen atoms in total. The Morgan fingerprint density at radius 2 is 1.67 bits per heavy atom. The van der Waals surface area contributed by atoms with E-state index in [0.717, 1.165) is 41.1 Å². The number of sulfonamides is 1. The Labute approximate surface area is 175 Å². The van der Waals surface area contributed by atoms with Gasteiger partial charge in [0.2, 0.25) is 15.9 Å². The van der Waals surface area contributed by atoms with Crippen LogP contribution in [0.2, 0.25) is 0 Å². The van der Waals surface area contributed by atoms with Gasteiger partial charge in [-0.3, -0.25) is 9.10 Å². The minimum atomic E-state index is -4.64. The van der Waals surface area contributed by atoms with E-state index in [0.29, 0.717) is 4.31 Å². The van der Waals surface area contributed by atoms with Crippen LogP contribution in [-0.2, 0) is 21.0 Å². The predicted octanol–water partition coefficient (Wildman–Crippen LogP) is 4.35. The van der Waals surface area contributed by atoms with Crippen molar-refractivity contribution in [1.82, 2.24) is 5.32 Å². The largest absolute Gasteiger partial charge is 0.416 e. The highest BCUT2D eigenvalue weighted by Gasteiger charge is 2.34. The van der Waals surface area contributed by atoms with E-state index < -0.39 is 39.8 Å². The van der Waals surface area contributed by atoms with Crippen molar-refractivity contribution in [2.45, 2.75) is 46.0 Å². The summed E-state index contributed by atoms with van der Waals surface area (Å²) in [5.41, 5.74) is 1.75. The van der Waals surface area contributed by atoms with Crippen LogP contribution in [0.25, 0.3) is 0 Å². The van der Waals surface area contributed by atoms with Crippen LogP contribution < -0.4 is 9.62 Å². The number of carbonyl (C=O) groups is 1. The van der Waals surface area contributed by atoms with Gasteiger partial charge in [0.1, 0.15) is 6.04 Å². The predicted molar refractivity (Wildman–Crippen MR) is 111 cm³/mol. The van der Waals surface area contributed by atoms with Crippen molar-refractivity contribution >= 4 is 21.6 Å². The molecule has 0 bridgehead atoms. The van der Waals surface area contributed by atoms with Gasteiger partial charge in [0.05, 0.1) is 23.5 Å². The van der Waals surface area contributed by atoms with E-state index in [2.05, 4.69) is 5.32 Å². The summed E-state index contributed by atoms with van der Waals surface area (Å²) >= 11 is 0. The van der Waals surface area contributed by atoms with Crippen LogP contribution in [0.15, 0.2) is 42.5 Å². The minimum absolute atomic E-state index is 0.228. The van der Waals surface area contributed by atoms with Gasteiger partial charge in [-0.15, -0.1) is 0 Å². The van der Waals surface area contributed by atoms with Crippen LogP contribution in [0.3, 0.4) is 0 Å². The highest BCUT2D eigenvalue weighted by atomic mass is 32.2. The molecule has 30 heavy (non-hydrogen) atoms. The van der Waals surface area contributed by atoms with E-state index in [4.69, 9.17) is 0 Å². The molecule has 0 fully saturated rings. The topological polar surface area (TPSA) is 66.5 Å². The smallest absolute Gasteiger partial charge is 0.348 e. The van der Waals surface area contributed by atoms with Gasteiger partial charge >= 0.3 is 6.18 Å². The Morgan fingerprint density at radius 3 is 2.20 bits per heavy atom. The number of rotatable bonds is 6. The van der Waals surface area contributed by atoms with Gasteiger partial charge in [0.25, 0.3) is 0 Å². The molecule has 0 aliphatic heterocycles. The zero-order valence-electron chi connectivity index (χ0n) is 17.4. The number of amides is 1. The fourth-order valence-electron chi connectivity index (χ4n) is 3.08. The first-order chi connectivity index (χ1) is 13.7. The van der Waals surface area contributed by atoms with Gasteiger partial charge in [0.15, 0.2) is 0 Å². The number of carbonyl (C=O) groups excluding carboxylic acids is 1. The molecule has 0 heterocycles. The number of anilines is 1. The molecule has 0 saturated carbocycles. The lowest BCUT2D eigenvalue weighted by atomic mass is 10.0. The molecule has 2 rings (SSSR count). The monoisotopic (exact) mass is 442 g/mol. The fourth-order valence-corrected chi connectivity index (χ4v) is 4.25. The molecule has 164 valence electrons. The lowest BCUT2D eigenvalue weighted by Crippen LogP contribution is -2.48. The third-order valence-corrected chi connectivity index (χ3v) is 6.15. The van der Waals surface area contributed by atoms with Crippen molar-refractivity contribution in [3.8, 4) is 0 Å². The fraction of sp³-hybridized carbons (Fsp3) is 0.381. The van der Waals surface area contributed by atoms with Gasteiger partial charge in [0, 0.05) is 0 Å². The molecule has 0 aliphatic rings. The number of nitrogens with one attached hydrogen (secondary N) is 1. The highest BCUT2D eigenvalue weighted by Crippen LogP contribution is 2.33. The van der Waals surface area contributed by atoms with E-state index in [1.165, 1.54) is 13.0 Å². The first kappa shape index (κ1) is 23.7. The van der Waals surface area contributed by atoms with E-state index in [9.17, 15) is 26.4 Å². The van der Waals surface area contributed by atoms with Gasteiger partial charge in [-0.2, -0.15) is 13.2 Å². The maximum absolute atomic E-state index is 13.1. The quantitative estimate of drug-likeness (QED) is 0.723. The van der Waals surface area contributed by atoms with Crippen LogP contribution in [0.1, 0.15) is 42.1 Å². The van der Waals surface area contributed by atoms with Crippen LogP contribution in [-0.4, -0.2) is 26.6 Å². The van der Waals surface area contributed by atoms with E-state index >= 15 is 0 Å². The second-order valence-corrected chi connectivity index (χ2v) is 9.22. The average molecular weight is 443 g/mol. The molecule has 0 saturated heterocycles. The third kappa shape index (κ3) is 5.53. The zero-order chi connectivity index (χ0) is 22.9. The van der Waals surface area contributed by atoms with Crippen LogP contribution >= 0.6 is 0 Å². The van der Waals surface area contributed by atoms with Gasteiger partial charge < -0.3 is 5.32 Å². The molecule has 0 unspecified atom stereocenters. The zero-order valence-corrected chi connectivity index (χ0v) is 18.2. The number of nitrogens with zero attached hydrogens (tertiary/aromatic N) is 1. The third-order valence-electron chi connectivity index (χ3n) is 4.91. The van der Waals surface area contributed by atoms with Gasteiger partial charge in [-0.05, 0) is 62.6 Å². The van der Waals surface area contributed by atoms with Crippen LogP contribution in [0, 0.1) is 13.8 Å². The summed E-state index contributed by atoms with van der Waals surface area (Å²) in [5, 5.41) is 2.74. The maximum atomic E-state index is 13.1. The van der Waals surface area contributed by atoms with E-state index in [-0.39, 0.29) is 5.69 Å². The number of alkyl halides is 3. The van der Waals surface area contributed by atoms with Gasteiger partial charge in [-0.1, -0.05) is 24.3 Å². The maximum Gasteiger partial charge on any atom is 0.416 e. The first-order valence-corrected chi connectivity index (χ1v) is 11.1. The molecule has 1 amide bonds. The molecule has 0 aromatic heterocycles. The Kier molecular flexibility index (Phi) is 6.86. The number of hydrogen-bond donors (Lipinski definition) is 1. The molecule has 0 spiro atoms. The van der Waals surface area contributed by atoms with Crippen molar-refractivity contribution in [3.05, 3.63) is 64.7 Å². The summed E-state index contributed by atoms with van der Waals surface area (Å²) < 4.78 is 64.6. The number of benzene rings is 2. The Morgan fingerprint density at radius 1 is 1.03 bits per heavy atom. The summed E-state index contributed by atoms with van der Waals surface area (Å²) in [4.78, 5) is 12.8. The summed E-state index contributed by atoms with van der Waals surface area (Å²) in [6.45, 7) is 6.99. The molecule has 9 heteroatoms. The average Bonchev–Trinajstić information content (AvgIpc) is 2.62. The number of aryl methyl sites for hydroxylation is 2. The molecule has 1 N–H and O–H groups in total. The highest BCUT2D eigenvalue weighted by molar-refractivity contribution is 7.92. The van der Waals surface area contributed by atoms with Crippen molar-refractivity contribution in [2.75, 3.05) is 10.6 Å². The molecule has 2 aromatic rings. The SMILES string of the molecule is Cc1ccc([C@H](C)NC(=O)[C@H](C)N(c2cccc(C(F)(F)F)c2)S(C)(=O)=O)cc1C. The van der Waals surface area contributed by atoms with E-state index in [1.54, 1.807) is 6.92 Å². The molecule has 2 atom stereocenters. The molecule has 2 aromatic carbocycles. The Bertz CT molecular complexity index is 1040. The van der Waals surface area contributed by atoms with Crippen LogP contribution in [0.4, 0.5) is 18.9 Å². The summed E-state index contributed by atoms with van der Waals surface area (Å²) in [7, 11) is -4.03. The Hall–Kier alpha value is -2.55. The standard InChI is InChI=1S/C21H25F3N2O3S/c1-13-9-10-17(11-14(13)2)15(3)25-20(27)16(4)26(30(5,28)29)19-8-6-7-18(12-19)21(22,23)24/h6-12,15-16H,1-5H3,(H,25,27)/t15-,16-/m0/s1. The molecule has 0 radical (unpaired) electrons. The lowest BCUT2D eigenvalue weighted by Gasteiger charge is -2.29. The summed E-state index contributed by atoms with van der Waals surface area (Å²) in [6.07, 6.45) is -3.79. The second kappa shape index (κ2) is 8.67. The first-order valence-electron chi connectivity index (χ1n) is 9.26. The van der Waals surface area contributed by atoms with Gasteiger partial charge in [-0.25, -0.2) is 8.42 Å². The minimum Gasteiger partial charge on any atom is -0.348 e. The van der Waals surface area contributed by atoms with E-state index in [1.807, 2.05) is 32.0 Å². The normalized spacial score (nSPS) is 14.1. The second-order valence-electron chi connectivity index (χ2n) is 7.36. The number of halogens is 3. The van der Waals surface area contributed by atoms with Crippen molar-refractivity contribution in [1.29, 1.82) is 0 Å². The van der Waals surface area contributed by atoms with Crippen molar-refractivity contribution in [2.24, 2.45) is 0 Å².